The first-order chi connectivity index (χ1) is 10.1. The van der Waals surface area contributed by atoms with E-state index in [0.717, 1.165) is 5.56 Å². The Morgan fingerprint density at radius 3 is 2.81 bits per heavy atom. The Morgan fingerprint density at radius 1 is 1.24 bits per heavy atom. The molecule has 7 nitrogen and oxygen atoms in total. The predicted octanol–water partition coefficient (Wildman–Crippen LogP) is 2.39. The molecular formula is C13H11ClN6O. The van der Waals surface area contributed by atoms with Gasteiger partial charge in [0.1, 0.15) is 5.75 Å². The molecule has 21 heavy (non-hydrogen) atoms. The van der Waals surface area contributed by atoms with E-state index in [-0.39, 0.29) is 17.9 Å². The number of nitrogen functional groups attached to an aromatic ring is 1. The van der Waals surface area contributed by atoms with Crippen LogP contribution in [0.25, 0.3) is 5.95 Å². The quantitative estimate of drug-likeness (QED) is 0.798. The van der Waals surface area contributed by atoms with E-state index >= 15 is 0 Å². The molecule has 106 valence electrons. The zero-order chi connectivity index (χ0) is 14.8. The van der Waals surface area contributed by atoms with Gasteiger partial charge in [0.05, 0.1) is 0 Å². The van der Waals surface area contributed by atoms with Gasteiger partial charge in [-0.2, -0.15) is 20.1 Å². The molecule has 0 aliphatic heterocycles. The Balaban J connectivity index is 1.93. The second-order valence-corrected chi connectivity index (χ2v) is 4.65. The highest BCUT2D eigenvalue weighted by Crippen LogP contribution is 2.24. The topological polar surface area (TPSA) is 91.7 Å². The average molecular weight is 303 g/mol. The first-order valence-corrected chi connectivity index (χ1v) is 6.45. The maximum Gasteiger partial charge on any atom is 0.328 e. The minimum Gasteiger partial charge on any atom is -0.424 e. The number of rotatable bonds is 3. The first kappa shape index (κ1) is 13.3. The van der Waals surface area contributed by atoms with Crippen LogP contribution in [0.4, 0.5) is 5.95 Å². The molecular weight excluding hydrogens is 292 g/mol. The van der Waals surface area contributed by atoms with E-state index in [4.69, 9.17) is 22.1 Å². The van der Waals surface area contributed by atoms with Crippen molar-refractivity contribution in [2.45, 2.75) is 6.92 Å². The first-order valence-electron chi connectivity index (χ1n) is 6.07. The lowest BCUT2D eigenvalue weighted by Gasteiger charge is -2.07. The monoisotopic (exact) mass is 302 g/mol. The fourth-order valence-electron chi connectivity index (χ4n) is 1.68. The Labute approximate surface area is 125 Å². The van der Waals surface area contributed by atoms with Crippen molar-refractivity contribution in [3.8, 4) is 17.7 Å². The lowest BCUT2D eigenvalue weighted by Crippen LogP contribution is -2.07. The van der Waals surface area contributed by atoms with Gasteiger partial charge in [-0.25, -0.2) is 4.68 Å². The molecule has 8 heteroatoms. The molecule has 3 rings (SSSR count). The van der Waals surface area contributed by atoms with Crippen LogP contribution in [0.3, 0.4) is 0 Å². The van der Waals surface area contributed by atoms with Crippen molar-refractivity contribution in [3.05, 3.63) is 47.2 Å². The summed E-state index contributed by atoms with van der Waals surface area (Å²) in [5, 5.41) is 4.70. The zero-order valence-corrected chi connectivity index (χ0v) is 11.8. The van der Waals surface area contributed by atoms with E-state index in [9.17, 15) is 0 Å². The van der Waals surface area contributed by atoms with Crippen molar-refractivity contribution >= 4 is 17.5 Å². The lowest BCUT2D eigenvalue weighted by atomic mass is 10.2. The molecule has 0 saturated carbocycles. The van der Waals surface area contributed by atoms with Crippen LogP contribution in [-0.2, 0) is 0 Å². The van der Waals surface area contributed by atoms with Crippen LogP contribution in [0, 0.1) is 6.92 Å². The molecule has 3 aromatic rings. The molecule has 0 radical (unpaired) electrons. The van der Waals surface area contributed by atoms with Crippen LogP contribution < -0.4 is 10.5 Å². The summed E-state index contributed by atoms with van der Waals surface area (Å²) in [6.07, 6.45) is 3.31. The summed E-state index contributed by atoms with van der Waals surface area (Å²) in [7, 11) is 0. The number of hydrogen-bond acceptors (Lipinski definition) is 6. The van der Waals surface area contributed by atoms with Crippen molar-refractivity contribution < 1.29 is 4.74 Å². The molecule has 0 fully saturated rings. The minimum atomic E-state index is 0.0520. The molecule has 0 unspecified atom stereocenters. The second kappa shape index (κ2) is 5.37. The summed E-state index contributed by atoms with van der Waals surface area (Å²) in [4.78, 5) is 12.1. The summed E-state index contributed by atoms with van der Waals surface area (Å²) < 4.78 is 7.06. The Hall–Kier alpha value is -2.67. The Kier molecular flexibility index (Phi) is 3.41. The summed E-state index contributed by atoms with van der Waals surface area (Å²) in [6, 6.07) is 7.10. The van der Waals surface area contributed by atoms with Gasteiger partial charge in [0.15, 0.2) is 0 Å². The van der Waals surface area contributed by atoms with Gasteiger partial charge in [-0.15, -0.1) is 0 Å². The minimum absolute atomic E-state index is 0.0520. The highest BCUT2D eigenvalue weighted by Gasteiger charge is 2.09. The third kappa shape index (κ3) is 2.92. The summed E-state index contributed by atoms with van der Waals surface area (Å²) in [5.74, 6) is 0.901. The number of aryl methyl sites for hydroxylation is 1. The van der Waals surface area contributed by atoms with Crippen molar-refractivity contribution in [3.63, 3.8) is 0 Å². The van der Waals surface area contributed by atoms with E-state index < -0.39 is 0 Å². The second-order valence-electron chi connectivity index (χ2n) is 4.24. The molecule has 1 aromatic carbocycles. The lowest BCUT2D eigenvalue weighted by molar-refractivity contribution is 0.438. The van der Waals surface area contributed by atoms with Gasteiger partial charge in [0.25, 0.3) is 5.95 Å². The van der Waals surface area contributed by atoms with Crippen LogP contribution in [0.15, 0.2) is 36.7 Å². The van der Waals surface area contributed by atoms with E-state index in [1.165, 1.54) is 4.68 Å². The van der Waals surface area contributed by atoms with Gasteiger partial charge >= 0.3 is 6.01 Å². The molecule has 0 bridgehead atoms. The molecule has 0 saturated heterocycles. The smallest absolute Gasteiger partial charge is 0.328 e. The zero-order valence-electron chi connectivity index (χ0n) is 11.1. The van der Waals surface area contributed by atoms with Gasteiger partial charge in [-0.1, -0.05) is 11.6 Å². The SMILES string of the molecule is Cc1cc(Oc2nc(N)nc(-n3cccn3)n2)ccc1Cl. The van der Waals surface area contributed by atoms with Crippen molar-refractivity contribution in [1.82, 2.24) is 24.7 Å². The van der Waals surface area contributed by atoms with Gasteiger partial charge in [-0.05, 0) is 36.8 Å². The summed E-state index contributed by atoms with van der Waals surface area (Å²) >= 11 is 5.97. The number of benzene rings is 1. The van der Waals surface area contributed by atoms with Gasteiger partial charge < -0.3 is 10.5 Å². The van der Waals surface area contributed by atoms with Crippen molar-refractivity contribution in [2.24, 2.45) is 0 Å². The molecule has 0 aliphatic carbocycles. The van der Waals surface area contributed by atoms with Crippen LogP contribution in [0.2, 0.25) is 5.02 Å². The van der Waals surface area contributed by atoms with Crippen molar-refractivity contribution in [1.29, 1.82) is 0 Å². The number of nitrogens with zero attached hydrogens (tertiary/aromatic N) is 5. The molecule has 2 heterocycles. The van der Waals surface area contributed by atoms with Gasteiger partial charge in [-0.3, -0.25) is 0 Å². The average Bonchev–Trinajstić information content (AvgIpc) is 2.96. The van der Waals surface area contributed by atoms with E-state index in [0.29, 0.717) is 10.8 Å². The standard InChI is InChI=1S/C13H11ClN6O/c1-8-7-9(3-4-10(8)14)21-13-18-11(15)17-12(19-13)20-6-2-5-16-20/h2-7H,1H3,(H2,15,17,18,19). The highest BCUT2D eigenvalue weighted by molar-refractivity contribution is 6.31. The molecule has 0 aliphatic rings. The summed E-state index contributed by atoms with van der Waals surface area (Å²) in [5.41, 5.74) is 6.56. The Bertz CT molecular complexity index is 774. The van der Waals surface area contributed by atoms with E-state index in [1.807, 2.05) is 6.92 Å². The predicted molar refractivity (Wildman–Crippen MR) is 77.6 cm³/mol. The third-order valence-electron chi connectivity index (χ3n) is 2.67. The van der Waals surface area contributed by atoms with Gasteiger partial charge in [0, 0.05) is 17.4 Å². The molecule has 0 amide bonds. The molecule has 0 spiro atoms. The van der Waals surface area contributed by atoms with Crippen LogP contribution in [0.1, 0.15) is 5.56 Å². The van der Waals surface area contributed by atoms with Crippen LogP contribution in [0.5, 0.6) is 11.8 Å². The van der Waals surface area contributed by atoms with E-state index in [1.54, 1.807) is 36.7 Å². The largest absolute Gasteiger partial charge is 0.424 e. The number of aromatic nitrogens is 5. The number of hydrogen-bond donors (Lipinski definition) is 1. The van der Waals surface area contributed by atoms with Gasteiger partial charge in [0.2, 0.25) is 5.95 Å². The van der Waals surface area contributed by atoms with Crippen LogP contribution in [-0.4, -0.2) is 24.7 Å². The third-order valence-corrected chi connectivity index (χ3v) is 3.09. The number of halogens is 1. The fraction of sp³-hybridized carbons (Fsp3) is 0.0769. The molecule has 0 atom stereocenters. The van der Waals surface area contributed by atoms with Crippen molar-refractivity contribution in [2.75, 3.05) is 5.73 Å². The molecule has 2 N–H and O–H groups in total. The summed E-state index contributed by atoms with van der Waals surface area (Å²) in [6.45, 7) is 1.88. The van der Waals surface area contributed by atoms with Crippen LogP contribution >= 0.6 is 11.6 Å². The maximum atomic E-state index is 5.97. The number of ether oxygens (including phenoxy) is 1. The number of nitrogens with two attached hydrogens (primary N) is 1. The Morgan fingerprint density at radius 2 is 2.10 bits per heavy atom. The highest BCUT2D eigenvalue weighted by atomic mass is 35.5. The molecule has 2 aromatic heterocycles. The number of anilines is 1. The normalized spacial score (nSPS) is 10.6. The maximum absolute atomic E-state index is 5.97. The van der Waals surface area contributed by atoms with E-state index in [2.05, 4.69) is 20.1 Å². The fourth-order valence-corrected chi connectivity index (χ4v) is 1.80.